The lowest BCUT2D eigenvalue weighted by Gasteiger charge is -2.16. The van der Waals surface area contributed by atoms with Crippen molar-refractivity contribution in [3.05, 3.63) is 18.0 Å². The fourth-order valence-corrected chi connectivity index (χ4v) is 3.03. The van der Waals surface area contributed by atoms with Gasteiger partial charge in [0.1, 0.15) is 0 Å². The van der Waals surface area contributed by atoms with Gasteiger partial charge < -0.3 is 10.0 Å². The van der Waals surface area contributed by atoms with Crippen LogP contribution in [0.3, 0.4) is 0 Å². The number of likely N-dealkylation sites (tertiary alicyclic amines) is 1. The third-order valence-corrected chi connectivity index (χ3v) is 4.18. The van der Waals surface area contributed by atoms with Crippen LogP contribution in [0.2, 0.25) is 0 Å². The topological polar surface area (TPSA) is 86.3 Å². The Labute approximate surface area is 124 Å². The highest BCUT2D eigenvalue weighted by Crippen LogP contribution is 2.28. The molecule has 1 aromatic rings. The molecule has 1 fully saturated rings. The van der Waals surface area contributed by atoms with Crippen molar-refractivity contribution in [3.8, 4) is 0 Å². The van der Waals surface area contributed by atoms with Crippen molar-refractivity contribution in [1.82, 2.24) is 15.1 Å². The molecule has 0 aliphatic carbocycles. The normalized spacial score (nSPS) is 21.7. The summed E-state index contributed by atoms with van der Waals surface area (Å²) in [6.07, 6.45) is 7.47. The number of amides is 1. The molecular weight excluding hydrogens is 270 g/mol. The van der Waals surface area contributed by atoms with E-state index in [1.165, 1.54) is 0 Å². The monoisotopic (exact) mass is 293 g/mol. The number of rotatable bonds is 7. The van der Waals surface area contributed by atoms with Crippen LogP contribution in [0, 0.1) is 11.8 Å². The quantitative estimate of drug-likeness (QED) is 0.801. The van der Waals surface area contributed by atoms with Crippen LogP contribution in [-0.4, -0.2) is 45.2 Å². The van der Waals surface area contributed by atoms with Gasteiger partial charge in [0.15, 0.2) is 0 Å². The van der Waals surface area contributed by atoms with E-state index < -0.39 is 11.9 Å². The van der Waals surface area contributed by atoms with Crippen molar-refractivity contribution in [1.29, 1.82) is 0 Å². The van der Waals surface area contributed by atoms with Crippen LogP contribution >= 0.6 is 0 Å². The molecule has 0 spiro atoms. The molecule has 2 heterocycles. The zero-order chi connectivity index (χ0) is 15.2. The standard InChI is InChI=1S/C15H23N3O3/c1-2-4-12-9-18(10-13(12)15(20)21)14(19)6-3-5-11-7-16-17-8-11/h7-8,12-13H,2-6,9-10H2,1H3,(H,16,17)(H,20,21)/t12-,13-/m1/s1. The van der Waals surface area contributed by atoms with Gasteiger partial charge in [-0.15, -0.1) is 0 Å². The molecule has 6 heteroatoms. The first-order valence-corrected chi connectivity index (χ1v) is 7.60. The van der Waals surface area contributed by atoms with E-state index in [9.17, 15) is 14.7 Å². The average Bonchev–Trinajstić information content (AvgIpc) is 3.08. The summed E-state index contributed by atoms with van der Waals surface area (Å²) in [5.41, 5.74) is 1.09. The van der Waals surface area contributed by atoms with Crippen LogP contribution < -0.4 is 0 Å². The predicted molar refractivity (Wildman–Crippen MR) is 77.6 cm³/mol. The number of nitrogens with zero attached hydrogens (tertiary/aromatic N) is 2. The first-order chi connectivity index (χ1) is 10.1. The van der Waals surface area contributed by atoms with Crippen LogP contribution in [0.25, 0.3) is 0 Å². The van der Waals surface area contributed by atoms with E-state index in [2.05, 4.69) is 10.2 Å². The summed E-state index contributed by atoms with van der Waals surface area (Å²) in [7, 11) is 0. The van der Waals surface area contributed by atoms with Crippen molar-refractivity contribution < 1.29 is 14.7 Å². The number of carbonyl (C=O) groups is 2. The summed E-state index contributed by atoms with van der Waals surface area (Å²) in [5.74, 6) is -1.00. The number of H-pyrrole nitrogens is 1. The zero-order valence-corrected chi connectivity index (χ0v) is 12.4. The Kier molecular flexibility index (Phi) is 5.36. The van der Waals surface area contributed by atoms with Gasteiger partial charge in [0.05, 0.1) is 12.1 Å². The number of aliphatic carboxylic acids is 1. The van der Waals surface area contributed by atoms with E-state index in [4.69, 9.17) is 0 Å². The first kappa shape index (κ1) is 15.5. The molecule has 2 atom stereocenters. The molecule has 1 aliphatic rings. The van der Waals surface area contributed by atoms with E-state index in [1.54, 1.807) is 11.1 Å². The largest absolute Gasteiger partial charge is 0.481 e. The summed E-state index contributed by atoms with van der Waals surface area (Å²) in [4.78, 5) is 25.2. The van der Waals surface area contributed by atoms with Gasteiger partial charge in [-0.3, -0.25) is 14.7 Å². The van der Waals surface area contributed by atoms with Gasteiger partial charge in [-0.2, -0.15) is 5.10 Å². The number of aromatic nitrogens is 2. The third-order valence-electron chi connectivity index (χ3n) is 4.18. The number of aromatic amines is 1. The lowest BCUT2D eigenvalue weighted by molar-refractivity contribution is -0.142. The van der Waals surface area contributed by atoms with Crippen molar-refractivity contribution in [2.45, 2.75) is 39.0 Å². The molecule has 0 bridgehead atoms. The van der Waals surface area contributed by atoms with Crippen molar-refractivity contribution in [2.24, 2.45) is 11.8 Å². The second-order valence-electron chi connectivity index (χ2n) is 5.75. The molecule has 2 rings (SSSR count). The SMILES string of the molecule is CCC[C@@H]1CN(C(=O)CCCc2cn[nH]c2)C[C@H]1C(=O)O. The minimum Gasteiger partial charge on any atom is -0.481 e. The maximum atomic E-state index is 12.2. The number of nitrogens with one attached hydrogen (secondary N) is 1. The highest BCUT2D eigenvalue weighted by Gasteiger charge is 2.38. The third kappa shape index (κ3) is 4.06. The second kappa shape index (κ2) is 7.24. The minimum absolute atomic E-state index is 0.0725. The van der Waals surface area contributed by atoms with Gasteiger partial charge in [-0.05, 0) is 30.7 Å². The van der Waals surface area contributed by atoms with Crippen LogP contribution in [0.15, 0.2) is 12.4 Å². The lowest BCUT2D eigenvalue weighted by Crippen LogP contribution is -2.29. The molecule has 1 aromatic heterocycles. The minimum atomic E-state index is -0.776. The summed E-state index contributed by atoms with van der Waals surface area (Å²) >= 11 is 0. The molecule has 0 aromatic carbocycles. The maximum Gasteiger partial charge on any atom is 0.308 e. The van der Waals surface area contributed by atoms with Crippen LogP contribution in [0.5, 0.6) is 0 Å². The molecule has 1 amide bonds. The van der Waals surface area contributed by atoms with E-state index in [0.29, 0.717) is 19.5 Å². The smallest absolute Gasteiger partial charge is 0.308 e. The molecule has 0 saturated carbocycles. The van der Waals surface area contributed by atoms with E-state index in [0.717, 1.165) is 31.2 Å². The number of hydrogen-bond donors (Lipinski definition) is 2. The average molecular weight is 293 g/mol. The molecule has 2 N–H and O–H groups in total. The Bertz CT molecular complexity index is 473. The number of carboxylic acids is 1. The molecule has 0 unspecified atom stereocenters. The van der Waals surface area contributed by atoms with E-state index in [-0.39, 0.29) is 11.8 Å². The number of carbonyl (C=O) groups excluding carboxylic acids is 1. The highest BCUT2D eigenvalue weighted by atomic mass is 16.4. The van der Waals surface area contributed by atoms with Gasteiger partial charge in [0, 0.05) is 25.7 Å². The molecular formula is C15H23N3O3. The van der Waals surface area contributed by atoms with Gasteiger partial charge in [0.2, 0.25) is 5.91 Å². The molecule has 0 radical (unpaired) electrons. The summed E-state index contributed by atoms with van der Waals surface area (Å²) in [5, 5.41) is 15.9. The van der Waals surface area contributed by atoms with E-state index in [1.807, 2.05) is 13.1 Å². The molecule has 116 valence electrons. The Hall–Kier alpha value is -1.85. The fraction of sp³-hybridized carbons (Fsp3) is 0.667. The Morgan fingerprint density at radius 1 is 1.48 bits per heavy atom. The summed E-state index contributed by atoms with van der Waals surface area (Å²) < 4.78 is 0. The van der Waals surface area contributed by atoms with Gasteiger partial charge in [0.25, 0.3) is 0 Å². The van der Waals surface area contributed by atoms with Crippen molar-refractivity contribution in [2.75, 3.05) is 13.1 Å². The molecule has 1 saturated heterocycles. The van der Waals surface area contributed by atoms with Crippen molar-refractivity contribution >= 4 is 11.9 Å². The Balaban J connectivity index is 1.81. The van der Waals surface area contributed by atoms with Gasteiger partial charge in [-0.1, -0.05) is 13.3 Å². The predicted octanol–water partition coefficient (Wildman–Crippen LogP) is 1.69. The van der Waals surface area contributed by atoms with E-state index >= 15 is 0 Å². The second-order valence-corrected chi connectivity index (χ2v) is 5.75. The van der Waals surface area contributed by atoms with Gasteiger partial charge in [-0.25, -0.2) is 0 Å². The van der Waals surface area contributed by atoms with Crippen molar-refractivity contribution in [3.63, 3.8) is 0 Å². The van der Waals surface area contributed by atoms with Crippen LogP contribution in [0.4, 0.5) is 0 Å². The van der Waals surface area contributed by atoms with Crippen LogP contribution in [-0.2, 0) is 16.0 Å². The zero-order valence-electron chi connectivity index (χ0n) is 12.4. The first-order valence-electron chi connectivity index (χ1n) is 7.60. The summed E-state index contributed by atoms with van der Waals surface area (Å²) in [6.45, 7) is 3.01. The summed E-state index contributed by atoms with van der Waals surface area (Å²) in [6, 6.07) is 0. The number of hydrogen-bond acceptors (Lipinski definition) is 3. The number of carboxylic acid groups (broad SMARTS) is 1. The molecule has 1 aliphatic heterocycles. The van der Waals surface area contributed by atoms with Gasteiger partial charge >= 0.3 is 5.97 Å². The molecule has 6 nitrogen and oxygen atoms in total. The fourth-order valence-electron chi connectivity index (χ4n) is 3.03. The number of aryl methyl sites for hydroxylation is 1. The van der Waals surface area contributed by atoms with Crippen LogP contribution in [0.1, 0.15) is 38.2 Å². The lowest BCUT2D eigenvalue weighted by atomic mass is 9.92. The molecule has 21 heavy (non-hydrogen) atoms. The Morgan fingerprint density at radius 3 is 2.90 bits per heavy atom. The highest BCUT2D eigenvalue weighted by molar-refractivity contribution is 5.79. The Morgan fingerprint density at radius 2 is 2.29 bits per heavy atom. The maximum absolute atomic E-state index is 12.2.